The summed E-state index contributed by atoms with van der Waals surface area (Å²) in [6, 6.07) is 4.67. The molecule has 1 fully saturated rings. The van der Waals surface area contributed by atoms with Crippen molar-refractivity contribution in [2.45, 2.75) is 6.42 Å². The number of hydrogen-bond acceptors (Lipinski definition) is 4. The molecule has 0 bridgehead atoms. The lowest BCUT2D eigenvalue weighted by atomic mass is 10.1. The van der Waals surface area contributed by atoms with Gasteiger partial charge in [0.15, 0.2) is 5.75 Å². The summed E-state index contributed by atoms with van der Waals surface area (Å²) in [5.41, 5.74) is 0.286. The molecular weight excluding hydrogens is 292 g/mol. The van der Waals surface area contributed by atoms with E-state index in [1.165, 1.54) is 11.0 Å². The van der Waals surface area contributed by atoms with Crippen LogP contribution in [0, 0.1) is 5.92 Å². The maximum absolute atomic E-state index is 11.9. The van der Waals surface area contributed by atoms with E-state index in [2.05, 4.69) is 0 Å². The van der Waals surface area contributed by atoms with Gasteiger partial charge in [0.05, 0.1) is 16.5 Å². The lowest BCUT2D eigenvalue weighted by Crippen LogP contribution is -2.27. The van der Waals surface area contributed by atoms with Gasteiger partial charge in [-0.3, -0.25) is 4.79 Å². The summed E-state index contributed by atoms with van der Waals surface area (Å²) >= 11 is 5.78. The number of carbonyl (C=O) groups is 1. The molecule has 1 saturated heterocycles. The average Bonchev–Trinajstić information content (AvgIpc) is 2.61. The van der Waals surface area contributed by atoms with Crippen LogP contribution in [0.5, 0.6) is 5.75 Å². The minimum atomic E-state index is -3.62. The molecule has 1 amide bonds. The third-order valence-electron chi connectivity index (χ3n) is 2.93. The topological polar surface area (TPSA) is 101 Å². The molecule has 1 atom stereocenters. The second-order valence-corrected chi connectivity index (χ2v) is 6.58. The molecular formula is C11H13ClN2O4S. The van der Waals surface area contributed by atoms with Gasteiger partial charge in [-0.15, -0.1) is 0 Å². The number of benzene rings is 1. The molecule has 0 saturated carbocycles. The van der Waals surface area contributed by atoms with Crippen LogP contribution in [-0.4, -0.2) is 31.7 Å². The van der Waals surface area contributed by atoms with Crippen LogP contribution in [0.2, 0.25) is 5.02 Å². The Morgan fingerprint density at radius 3 is 2.79 bits per heavy atom. The third-order valence-corrected chi connectivity index (χ3v) is 4.17. The van der Waals surface area contributed by atoms with Crippen molar-refractivity contribution in [3.8, 4) is 5.75 Å². The molecule has 1 aliphatic heterocycles. The smallest absolute Gasteiger partial charge is 0.227 e. The van der Waals surface area contributed by atoms with E-state index < -0.39 is 10.0 Å². The van der Waals surface area contributed by atoms with Crippen molar-refractivity contribution in [3.05, 3.63) is 23.2 Å². The van der Waals surface area contributed by atoms with Gasteiger partial charge >= 0.3 is 0 Å². The SMILES string of the molecule is NS(=O)(=O)CC1CC(=O)N(c2cccc(Cl)c2O)C1. The van der Waals surface area contributed by atoms with E-state index >= 15 is 0 Å². The van der Waals surface area contributed by atoms with Crippen LogP contribution in [0.1, 0.15) is 6.42 Å². The number of rotatable bonds is 3. The van der Waals surface area contributed by atoms with Gasteiger partial charge in [-0.2, -0.15) is 0 Å². The molecule has 104 valence electrons. The summed E-state index contributed by atoms with van der Waals surface area (Å²) < 4.78 is 22.1. The quantitative estimate of drug-likeness (QED) is 0.857. The van der Waals surface area contributed by atoms with Gasteiger partial charge in [0.25, 0.3) is 0 Å². The van der Waals surface area contributed by atoms with Crippen LogP contribution in [0.25, 0.3) is 0 Å². The number of nitrogens with two attached hydrogens (primary N) is 1. The first-order chi connectivity index (χ1) is 8.78. The molecule has 1 aromatic carbocycles. The van der Waals surface area contributed by atoms with E-state index in [1.54, 1.807) is 12.1 Å². The van der Waals surface area contributed by atoms with Crippen LogP contribution in [0.3, 0.4) is 0 Å². The number of nitrogens with zero attached hydrogens (tertiary/aromatic N) is 1. The monoisotopic (exact) mass is 304 g/mol. The van der Waals surface area contributed by atoms with Gasteiger partial charge in [0, 0.05) is 18.9 Å². The highest BCUT2D eigenvalue weighted by molar-refractivity contribution is 7.89. The van der Waals surface area contributed by atoms with Crippen molar-refractivity contribution in [2.24, 2.45) is 11.1 Å². The second-order valence-electron chi connectivity index (χ2n) is 4.51. The lowest BCUT2D eigenvalue weighted by Gasteiger charge is -2.18. The van der Waals surface area contributed by atoms with Crippen LogP contribution < -0.4 is 10.0 Å². The Morgan fingerprint density at radius 1 is 1.47 bits per heavy atom. The molecule has 0 aromatic heterocycles. The molecule has 1 aromatic rings. The predicted octanol–water partition coefficient (Wildman–Crippen LogP) is 0.687. The minimum absolute atomic E-state index is 0.0857. The second kappa shape index (κ2) is 4.99. The summed E-state index contributed by atoms with van der Waals surface area (Å²) in [5, 5.41) is 14.9. The van der Waals surface area contributed by atoms with Crippen molar-refractivity contribution < 1.29 is 18.3 Å². The maximum atomic E-state index is 11.9. The fourth-order valence-electron chi connectivity index (χ4n) is 2.18. The number of para-hydroxylation sites is 1. The fraction of sp³-hybridized carbons (Fsp3) is 0.364. The highest BCUT2D eigenvalue weighted by Gasteiger charge is 2.34. The maximum Gasteiger partial charge on any atom is 0.227 e. The third kappa shape index (κ3) is 3.17. The molecule has 0 spiro atoms. The Bertz CT molecular complexity index is 617. The van der Waals surface area contributed by atoms with Gasteiger partial charge in [0.1, 0.15) is 0 Å². The number of carbonyl (C=O) groups excluding carboxylic acids is 1. The molecule has 0 aliphatic carbocycles. The first kappa shape index (κ1) is 14.1. The van der Waals surface area contributed by atoms with E-state index in [9.17, 15) is 18.3 Å². The van der Waals surface area contributed by atoms with Crippen molar-refractivity contribution in [1.29, 1.82) is 0 Å². The summed E-state index contributed by atoms with van der Waals surface area (Å²) in [6.07, 6.45) is 0.0857. The number of sulfonamides is 1. The number of anilines is 1. The molecule has 0 radical (unpaired) electrons. The Balaban J connectivity index is 2.23. The van der Waals surface area contributed by atoms with Crippen molar-refractivity contribution in [1.82, 2.24) is 0 Å². The highest BCUT2D eigenvalue weighted by atomic mass is 35.5. The summed E-state index contributed by atoms with van der Waals surface area (Å²) in [7, 11) is -3.62. The number of hydrogen-bond donors (Lipinski definition) is 2. The first-order valence-corrected chi connectivity index (χ1v) is 7.65. The summed E-state index contributed by atoms with van der Waals surface area (Å²) in [5.74, 6) is -1.07. The number of amides is 1. The zero-order valence-electron chi connectivity index (χ0n) is 9.91. The summed E-state index contributed by atoms with van der Waals surface area (Å²) in [4.78, 5) is 13.2. The van der Waals surface area contributed by atoms with Crippen LogP contribution in [-0.2, 0) is 14.8 Å². The van der Waals surface area contributed by atoms with Gasteiger partial charge in [0.2, 0.25) is 15.9 Å². The largest absolute Gasteiger partial charge is 0.504 e. The molecule has 6 nitrogen and oxygen atoms in total. The van der Waals surface area contributed by atoms with Gasteiger partial charge < -0.3 is 10.0 Å². The Labute approximate surface area is 115 Å². The molecule has 1 heterocycles. The van der Waals surface area contributed by atoms with Crippen molar-refractivity contribution in [2.75, 3.05) is 17.2 Å². The first-order valence-electron chi connectivity index (χ1n) is 5.56. The lowest BCUT2D eigenvalue weighted by molar-refractivity contribution is -0.117. The number of aromatic hydroxyl groups is 1. The predicted molar refractivity (Wildman–Crippen MR) is 71.6 cm³/mol. The van der Waals surface area contributed by atoms with Gasteiger partial charge in [-0.05, 0) is 12.1 Å². The Morgan fingerprint density at radius 2 is 2.16 bits per heavy atom. The van der Waals surface area contributed by atoms with Gasteiger partial charge in [-0.1, -0.05) is 17.7 Å². The van der Waals surface area contributed by atoms with Crippen molar-refractivity contribution >= 4 is 33.2 Å². The molecule has 2 rings (SSSR count). The van der Waals surface area contributed by atoms with Crippen molar-refractivity contribution in [3.63, 3.8) is 0 Å². The summed E-state index contributed by atoms with van der Waals surface area (Å²) in [6.45, 7) is 0.198. The molecule has 1 unspecified atom stereocenters. The number of primary sulfonamides is 1. The van der Waals surface area contributed by atoms with Gasteiger partial charge in [-0.25, -0.2) is 13.6 Å². The fourth-order valence-corrected chi connectivity index (χ4v) is 3.23. The van der Waals surface area contributed by atoms with E-state index in [-0.39, 0.29) is 47.0 Å². The number of phenols is 1. The Hall–Kier alpha value is -1.31. The molecule has 3 N–H and O–H groups in total. The van der Waals surface area contributed by atoms with E-state index in [0.717, 1.165) is 0 Å². The van der Waals surface area contributed by atoms with E-state index in [0.29, 0.717) is 0 Å². The van der Waals surface area contributed by atoms with Crippen LogP contribution >= 0.6 is 11.6 Å². The normalized spacial score (nSPS) is 20.0. The Kier molecular flexibility index (Phi) is 3.71. The number of halogens is 1. The van der Waals surface area contributed by atoms with E-state index in [1.807, 2.05) is 0 Å². The number of phenolic OH excluding ortho intramolecular Hbond substituents is 1. The van der Waals surface area contributed by atoms with E-state index in [4.69, 9.17) is 16.7 Å². The molecule has 8 heteroatoms. The minimum Gasteiger partial charge on any atom is -0.504 e. The standard InChI is InChI=1S/C11H13ClN2O4S/c12-8-2-1-3-9(11(8)16)14-5-7(4-10(14)15)6-19(13,17)18/h1-3,7,16H,4-6H2,(H2,13,17,18). The van der Waals surface area contributed by atoms with Crippen LogP contribution in [0.4, 0.5) is 5.69 Å². The zero-order chi connectivity index (χ0) is 14.2. The highest BCUT2D eigenvalue weighted by Crippen LogP contribution is 2.37. The zero-order valence-corrected chi connectivity index (χ0v) is 11.5. The average molecular weight is 305 g/mol. The molecule has 19 heavy (non-hydrogen) atoms. The molecule has 1 aliphatic rings. The van der Waals surface area contributed by atoms with Crippen LogP contribution in [0.15, 0.2) is 18.2 Å².